The molecule has 1 aromatic heterocycles. The van der Waals surface area contributed by atoms with Crippen LogP contribution in [0.4, 0.5) is 5.82 Å². The molecular formula is C17H24N4O2. The molecule has 1 aliphatic carbocycles. The predicted octanol–water partition coefficient (Wildman–Crippen LogP) is 0.721. The molecule has 2 fully saturated rings. The van der Waals surface area contributed by atoms with Gasteiger partial charge >= 0.3 is 0 Å². The average molecular weight is 316 g/mol. The van der Waals surface area contributed by atoms with Crippen molar-refractivity contribution < 1.29 is 9.90 Å². The van der Waals surface area contributed by atoms with Crippen molar-refractivity contribution in [3.05, 3.63) is 23.4 Å². The second-order valence-corrected chi connectivity index (χ2v) is 6.76. The van der Waals surface area contributed by atoms with Gasteiger partial charge in [-0.15, -0.1) is 0 Å². The summed E-state index contributed by atoms with van der Waals surface area (Å²) in [5, 5.41) is 13.3. The fourth-order valence-electron chi connectivity index (χ4n) is 4.18. The van der Waals surface area contributed by atoms with E-state index in [0.29, 0.717) is 6.04 Å². The molecule has 1 amide bonds. The van der Waals surface area contributed by atoms with E-state index in [1.807, 2.05) is 11.0 Å². The Morgan fingerprint density at radius 1 is 1.26 bits per heavy atom. The van der Waals surface area contributed by atoms with E-state index in [4.69, 9.17) is 0 Å². The van der Waals surface area contributed by atoms with Gasteiger partial charge < -0.3 is 15.3 Å². The minimum atomic E-state index is -0.188. The van der Waals surface area contributed by atoms with Gasteiger partial charge in [0.2, 0.25) is 0 Å². The number of carbonyl (C=O) groups excluding carboxylic acids is 1. The molecule has 2 N–H and O–H groups in total. The quantitative estimate of drug-likeness (QED) is 0.841. The van der Waals surface area contributed by atoms with Crippen LogP contribution < -0.4 is 5.32 Å². The summed E-state index contributed by atoms with van der Waals surface area (Å²) in [6.45, 7) is 4.07. The number of amides is 1. The molecule has 124 valence electrons. The number of fused-ring (bicyclic) bond motifs is 1. The lowest BCUT2D eigenvalue weighted by molar-refractivity contribution is 0.0315. The van der Waals surface area contributed by atoms with E-state index in [0.717, 1.165) is 75.4 Å². The Bertz CT molecular complexity index is 598. The average Bonchev–Trinajstić information content (AvgIpc) is 3.22. The maximum Gasteiger partial charge on any atom is 0.254 e. The number of anilines is 1. The molecule has 0 aromatic carbocycles. The lowest BCUT2D eigenvalue weighted by atomic mass is 10.1. The molecule has 1 aromatic rings. The van der Waals surface area contributed by atoms with Crippen molar-refractivity contribution in [2.24, 2.45) is 0 Å². The third-order valence-electron chi connectivity index (χ3n) is 5.47. The Balaban J connectivity index is 1.42. The molecule has 3 heterocycles. The van der Waals surface area contributed by atoms with Gasteiger partial charge in [0.1, 0.15) is 5.82 Å². The lowest BCUT2D eigenvalue weighted by Gasteiger charge is -2.39. The Labute approximate surface area is 136 Å². The summed E-state index contributed by atoms with van der Waals surface area (Å²) < 4.78 is 0. The van der Waals surface area contributed by atoms with Crippen molar-refractivity contribution in [1.29, 1.82) is 0 Å². The van der Waals surface area contributed by atoms with Crippen LogP contribution in [0.15, 0.2) is 12.3 Å². The van der Waals surface area contributed by atoms with Gasteiger partial charge in [-0.2, -0.15) is 0 Å². The van der Waals surface area contributed by atoms with Gasteiger partial charge in [-0.3, -0.25) is 9.69 Å². The van der Waals surface area contributed by atoms with E-state index in [-0.39, 0.29) is 12.0 Å². The first-order chi connectivity index (χ1) is 11.2. The van der Waals surface area contributed by atoms with E-state index < -0.39 is 0 Å². The summed E-state index contributed by atoms with van der Waals surface area (Å²) in [6.07, 6.45) is 5.51. The van der Waals surface area contributed by atoms with Crippen LogP contribution >= 0.6 is 0 Å². The first kappa shape index (κ1) is 14.9. The number of aliphatic hydroxyl groups is 1. The van der Waals surface area contributed by atoms with Crippen molar-refractivity contribution in [1.82, 2.24) is 14.8 Å². The minimum absolute atomic E-state index is 0.124. The van der Waals surface area contributed by atoms with Crippen molar-refractivity contribution in [2.45, 2.75) is 37.8 Å². The second-order valence-electron chi connectivity index (χ2n) is 6.76. The van der Waals surface area contributed by atoms with Crippen molar-refractivity contribution in [3.8, 4) is 0 Å². The van der Waals surface area contributed by atoms with Gasteiger partial charge in [-0.25, -0.2) is 4.98 Å². The van der Waals surface area contributed by atoms with Crippen LogP contribution in [-0.4, -0.2) is 70.7 Å². The monoisotopic (exact) mass is 316 g/mol. The summed E-state index contributed by atoms with van der Waals surface area (Å²) in [6, 6.07) is 2.14. The first-order valence-electron chi connectivity index (χ1n) is 8.67. The number of rotatable bonds is 2. The molecule has 1 saturated carbocycles. The Morgan fingerprint density at radius 3 is 2.83 bits per heavy atom. The molecule has 6 nitrogen and oxygen atoms in total. The summed E-state index contributed by atoms with van der Waals surface area (Å²) in [5.41, 5.74) is 1.86. The number of carbonyl (C=O) groups is 1. The Hall–Kier alpha value is -1.66. The molecule has 23 heavy (non-hydrogen) atoms. The molecule has 2 unspecified atom stereocenters. The summed E-state index contributed by atoms with van der Waals surface area (Å²) in [4.78, 5) is 21.5. The molecule has 4 rings (SSSR count). The number of hydrogen-bond acceptors (Lipinski definition) is 5. The molecule has 6 heteroatoms. The van der Waals surface area contributed by atoms with Crippen LogP contribution in [-0.2, 0) is 6.42 Å². The zero-order valence-corrected chi connectivity index (χ0v) is 13.4. The largest absolute Gasteiger partial charge is 0.391 e. The summed E-state index contributed by atoms with van der Waals surface area (Å²) in [7, 11) is 0. The highest BCUT2D eigenvalue weighted by Crippen LogP contribution is 2.27. The highest BCUT2D eigenvalue weighted by molar-refractivity contribution is 5.97. The third kappa shape index (κ3) is 2.70. The van der Waals surface area contributed by atoms with Crippen LogP contribution in [0.2, 0.25) is 0 Å². The van der Waals surface area contributed by atoms with Crippen molar-refractivity contribution in [2.75, 3.05) is 38.0 Å². The molecular weight excluding hydrogens is 292 g/mol. The molecule has 0 radical (unpaired) electrons. The standard InChI is InChI=1S/C17H24N4O2/c22-15-3-1-2-14(15)20-8-10-21(11-9-20)17(23)13-5-7-19-16-12(13)4-6-18-16/h5,7,14-15,22H,1-4,6,8-11H2,(H,18,19). The smallest absolute Gasteiger partial charge is 0.254 e. The van der Waals surface area contributed by atoms with Gasteiger partial charge in [0.15, 0.2) is 0 Å². The number of piperazine rings is 1. The number of nitrogens with zero attached hydrogens (tertiary/aromatic N) is 3. The van der Waals surface area contributed by atoms with Crippen molar-refractivity contribution >= 4 is 11.7 Å². The topological polar surface area (TPSA) is 68.7 Å². The van der Waals surface area contributed by atoms with Gasteiger partial charge in [0.25, 0.3) is 5.91 Å². The van der Waals surface area contributed by atoms with E-state index in [9.17, 15) is 9.90 Å². The molecule has 1 saturated heterocycles. The predicted molar refractivity (Wildman–Crippen MR) is 87.6 cm³/mol. The van der Waals surface area contributed by atoms with Gasteiger partial charge in [-0.1, -0.05) is 0 Å². The SMILES string of the molecule is O=C(c1ccnc2c1CCN2)N1CCN(C2CCCC2O)CC1. The van der Waals surface area contributed by atoms with Crippen LogP contribution in [0.25, 0.3) is 0 Å². The highest BCUT2D eigenvalue weighted by Gasteiger charge is 2.34. The van der Waals surface area contributed by atoms with Crippen LogP contribution in [0.3, 0.4) is 0 Å². The van der Waals surface area contributed by atoms with Gasteiger partial charge in [0, 0.05) is 56.1 Å². The zero-order valence-electron chi connectivity index (χ0n) is 13.4. The maximum absolute atomic E-state index is 12.9. The second kappa shape index (κ2) is 6.09. The number of aromatic nitrogens is 1. The van der Waals surface area contributed by atoms with Gasteiger partial charge in [0.05, 0.1) is 6.10 Å². The summed E-state index contributed by atoms with van der Waals surface area (Å²) in [5.74, 6) is 0.988. The van der Waals surface area contributed by atoms with Crippen molar-refractivity contribution in [3.63, 3.8) is 0 Å². The van der Waals surface area contributed by atoms with Gasteiger partial charge in [-0.05, 0) is 31.7 Å². The Morgan fingerprint density at radius 2 is 2.09 bits per heavy atom. The normalized spacial score (nSPS) is 27.8. The number of hydrogen-bond donors (Lipinski definition) is 2. The minimum Gasteiger partial charge on any atom is -0.391 e. The molecule has 2 atom stereocenters. The fraction of sp³-hybridized carbons (Fsp3) is 0.647. The van der Waals surface area contributed by atoms with Crippen LogP contribution in [0.1, 0.15) is 35.2 Å². The Kier molecular flexibility index (Phi) is 3.95. The zero-order chi connectivity index (χ0) is 15.8. The first-order valence-corrected chi connectivity index (χ1v) is 8.67. The van der Waals surface area contributed by atoms with E-state index in [1.54, 1.807) is 6.20 Å². The molecule has 2 aliphatic heterocycles. The van der Waals surface area contributed by atoms with E-state index in [1.165, 1.54) is 0 Å². The van der Waals surface area contributed by atoms with E-state index in [2.05, 4.69) is 15.2 Å². The number of aliphatic hydroxyl groups excluding tert-OH is 1. The van der Waals surface area contributed by atoms with Crippen LogP contribution in [0.5, 0.6) is 0 Å². The number of pyridine rings is 1. The fourth-order valence-corrected chi connectivity index (χ4v) is 4.18. The van der Waals surface area contributed by atoms with Crippen LogP contribution in [0, 0.1) is 0 Å². The lowest BCUT2D eigenvalue weighted by Crippen LogP contribution is -2.53. The molecule has 3 aliphatic rings. The maximum atomic E-state index is 12.9. The third-order valence-corrected chi connectivity index (χ3v) is 5.47. The highest BCUT2D eigenvalue weighted by atomic mass is 16.3. The summed E-state index contributed by atoms with van der Waals surface area (Å²) >= 11 is 0. The molecule has 0 bridgehead atoms. The molecule has 0 spiro atoms. The number of nitrogens with one attached hydrogen (secondary N) is 1. The van der Waals surface area contributed by atoms with E-state index >= 15 is 0 Å².